The second-order valence-electron chi connectivity index (χ2n) is 7.49. The molecule has 0 radical (unpaired) electrons. The van der Waals surface area contributed by atoms with Crippen LogP contribution >= 0.6 is 22.9 Å². The number of nitrogens with one attached hydrogen (secondary N) is 1. The van der Waals surface area contributed by atoms with Crippen molar-refractivity contribution in [2.45, 2.75) is 19.8 Å². The number of carbonyl (C=O) groups is 1. The Morgan fingerprint density at radius 2 is 2.10 bits per heavy atom. The van der Waals surface area contributed by atoms with Gasteiger partial charge in [0.2, 0.25) is 0 Å². The summed E-state index contributed by atoms with van der Waals surface area (Å²) >= 11 is 7.45. The lowest BCUT2D eigenvalue weighted by atomic mass is 10.2. The van der Waals surface area contributed by atoms with Crippen LogP contribution in [0.15, 0.2) is 35.1 Å². The van der Waals surface area contributed by atoms with Crippen LogP contribution in [0, 0.1) is 6.92 Å². The van der Waals surface area contributed by atoms with Crippen LogP contribution in [0.1, 0.15) is 32.6 Å². The molecule has 1 aliphatic heterocycles. The van der Waals surface area contributed by atoms with Gasteiger partial charge in [-0.3, -0.25) is 9.69 Å². The Balaban J connectivity index is 1.41. The monoisotopic (exact) mass is 460 g/mol. The number of aliphatic hydroxyl groups excluding tert-OH is 1. The minimum atomic E-state index is -0.205. The molecule has 8 nitrogen and oxygen atoms in total. The maximum absolute atomic E-state index is 12.5. The van der Waals surface area contributed by atoms with Crippen molar-refractivity contribution in [2.75, 3.05) is 44.2 Å². The first-order valence-corrected chi connectivity index (χ1v) is 11.4. The Kier molecular flexibility index (Phi) is 6.96. The maximum atomic E-state index is 12.5. The molecule has 0 atom stereocenters. The number of aliphatic hydroxyl groups is 1. The van der Waals surface area contributed by atoms with Gasteiger partial charge in [-0.05, 0) is 13.0 Å². The summed E-state index contributed by atoms with van der Waals surface area (Å²) in [6.45, 7) is 6.32. The molecule has 1 amide bonds. The van der Waals surface area contributed by atoms with Gasteiger partial charge in [0, 0.05) is 56.7 Å². The molecule has 0 unspecified atom stereocenters. The van der Waals surface area contributed by atoms with Crippen LogP contribution in [0.3, 0.4) is 0 Å². The maximum Gasteiger partial charge on any atom is 0.267 e. The number of piperazine rings is 1. The van der Waals surface area contributed by atoms with Gasteiger partial charge in [-0.2, -0.15) is 0 Å². The van der Waals surface area contributed by atoms with Crippen LogP contribution < -0.4 is 10.2 Å². The summed E-state index contributed by atoms with van der Waals surface area (Å²) in [5.74, 6) is 1.42. The molecule has 0 bridgehead atoms. The van der Waals surface area contributed by atoms with Gasteiger partial charge in [0.1, 0.15) is 16.5 Å². The number of β-amino-alcohol motifs (C(OH)–C–C–N with tert-alkyl or cyclic N) is 1. The van der Waals surface area contributed by atoms with Crippen LogP contribution in [-0.4, -0.2) is 70.2 Å². The van der Waals surface area contributed by atoms with Gasteiger partial charge in [-0.15, -0.1) is 11.3 Å². The first-order chi connectivity index (χ1) is 15.0. The lowest BCUT2D eigenvalue weighted by Gasteiger charge is -2.35. The smallest absolute Gasteiger partial charge is 0.267 e. The molecule has 2 aromatic rings. The van der Waals surface area contributed by atoms with Crippen molar-refractivity contribution in [3.63, 3.8) is 0 Å². The Morgan fingerprint density at radius 1 is 1.29 bits per heavy atom. The zero-order valence-electron chi connectivity index (χ0n) is 17.3. The third-order valence-corrected chi connectivity index (χ3v) is 6.58. The van der Waals surface area contributed by atoms with E-state index >= 15 is 0 Å². The van der Waals surface area contributed by atoms with E-state index in [0.717, 1.165) is 48.5 Å². The highest BCUT2D eigenvalue weighted by molar-refractivity contribution is 7.13. The molecule has 1 saturated heterocycles. The largest absolute Gasteiger partial charge is 0.395 e. The zero-order chi connectivity index (χ0) is 21.8. The lowest BCUT2D eigenvalue weighted by molar-refractivity contribution is 0.0971. The van der Waals surface area contributed by atoms with E-state index in [1.807, 2.05) is 25.1 Å². The third-order valence-electron chi connectivity index (χ3n) is 5.22. The predicted molar refractivity (Wildman–Crippen MR) is 122 cm³/mol. The average Bonchev–Trinajstić information content (AvgIpc) is 3.37. The van der Waals surface area contributed by atoms with Gasteiger partial charge >= 0.3 is 0 Å². The first-order valence-electron chi connectivity index (χ1n) is 10.3. The summed E-state index contributed by atoms with van der Waals surface area (Å²) in [5.41, 5.74) is 1.53. The quantitative estimate of drug-likeness (QED) is 0.653. The minimum absolute atomic E-state index is 0.186. The van der Waals surface area contributed by atoms with E-state index in [2.05, 4.69) is 30.1 Å². The molecule has 0 spiro atoms. The van der Waals surface area contributed by atoms with Crippen LogP contribution in [0.4, 0.5) is 5.82 Å². The summed E-state index contributed by atoms with van der Waals surface area (Å²) in [6, 6.07) is 2.00. The SMILES string of the molecule is Cc1nc(Cc2ncc(C(=O)NC3=C(Cl)CC=C3)s2)cc(N2CCN(CCO)CC2)n1. The molecular formula is C21H25ClN6O2S. The molecule has 4 rings (SSSR count). The van der Waals surface area contributed by atoms with Crippen molar-refractivity contribution >= 4 is 34.7 Å². The Hall–Kier alpha value is -2.33. The molecule has 164 valence electrons. The Morgan fingerprint density at radius 3 is 2.81 bits per heavy atom. The number of hydrogen-bond donors (Lipinski definition) is 2. The van der Waals surface area contributed by atoms with E-state index in [-0.39, 0.29) is 12.5 Å². The van der Waals surface area contributed by atoms with E-state index in [1.54, 1.807) is 6.20 Å². The molecule has 2 N–H and O–H groups in total. The molecular weight excluding hydrogens is 436 g/mol. The molecule has 0 aromatic carbocycles. The van der Waals surface area contributed by atoms with Gasteiger partial charge in [0.15, 0.2) is 0 Å². The molecule has 1 fully saturated rings. The molecule has 2 aromatic heterocycles. The highest BCUT2D eigenvalue weighted by Gasteiger charge is 2.19. The lowest BCUT2D eigenvalue weighted by Crippen LogP contribution is -2.47. The van der Waals surface area contributed by atoms with Gasteiger partial charge in [-0.25, -0.2) is 15.0 Å². The molecule has 2 aliphatic rings. The van der Waals surface area contributed by atoms with Crippen molar-refractivity contribution in [2.24, 2.45) is 0 Å². The first kappa shape index (κ1) is 21.9. The fraction of sp³-hybridized carbons (Fsp3) is 0.429. The zero-order valence-corrected chi connectivity index (χ0v) is 18.9. The van der Waals surface area contributed by atoms with Crippen LogP contribution in [-0.2, 0) is 6.42 Å². The van der Waals surface area contributed by atoms with Gasteiger partial charge in [-0.1, -0.05) is 17.7 Å². The van der Waals surface area contributed by atoms with Crippen LogP contribution in [0.25, 0.3) is 0 Å². The number of nitrogens with zero attached hydrogens (tertiary/aromatic N) is 5. The number of aromatic nitrogens is 3. The number of halogens is 1. The summed E-state index contributed by atoms with van der Waals surface area (Å²) in [4.78, 5) is 31.1. The van der Waals surface area contributed by atoms with Crippen molar-refractivity contribution in [3.05, 3.63) is 56.5 Å². The highest BCUT2D eigenvalue weighted by Crippen LogP contribution is 2.23. The number of carbonyl (C=O) groups excluding carboxylic acids is 1. The number of thiazole rings is 1. The van der Waals surface area contributed by atoms with E-state index in [9.17, 15) is 4.79 Å². The Labute approximate surface area is 190 Å². The number of rotatable bonds is 7. The van der Waals surface area contributed by atoms with Crippen LogP contribution in [0.5, 0.6) is 0 Å². The van der Waals surface area contributed by atoms with E-state index in [4.69, 9.17) is 16.7 Å². The molecule has 10 heteroatoms. The fourth-order valence-corrected chi connectivity index (χ4v) is 4.66. The summed E-state index contributed by atoms with van der Waals surface area (Å²) in [6.07, 6.45) is 6.52. The number of allylic oxidation sites excluding steroid dienone is 3. The molecule has 1 aliphatic carbocycles. The number of aryl methyl sites for hydroxylation is 1. The second-order valence-corrected chi connectivity index (χ2v) is 9.06. The summed E-state index contributed by atoms with van der Waals surface area (Å²) in [7, 11) is 0. The Bertz CT molecular complexity index is 1010. The summed E-state index contributed by atoms with van der Waals surface area (Å²) < 4.78 is 0. The number of anilines is 1. The normalized spacial score (nSPS) is 16.9. The van der Waals surface area contributed by atoms with Crippen molar-refractivity contribution < 1.29 is 9.90 Å². The van der Waals surface area contributed by atoms with Crippen molar-refractivity contribution in [1.82, 2.24) is 25.2 Å². The van der Waals surface area contributed by atoms with Gasteiger partial charge < -0.3 is 15.3 Å². The number of amides is 1. The number of hydrogen-bond acceptors (Lipinski definition) is 8. The fourth-order valence-electron chi connectivity index (χ4n) is 3.63. The van der Waals surface area contributed by atoms with E-state index in [1.165, 1.54) is 11.3 Å². The second kappa shape index (κ2) is 9.86. The van der Waals surface area contributed by atoms with E-state index < -0.39 is 0 Å². The predicted octanol–water partition coefficient (Wildman–Crippen LogP) is 2.09. The molecule has 31 heavy (non-hydrogen) atoms. The highest BCUT2D eigenvalue weighted by atomic mass is 35.5. The average molecular weight is 461 g/mol. The van der Waals surface area contributed by atoms with Crippen molar-refractivity contribution in [3.8, 4) is 0 Å². The summed E-state index contributed by atoms with van der Waals surface area (Å²) in [5, 5.41) is 13.4. The molecule has 0 saturated carbocycles. The van der Waals surface area contributed by atoms with Crippen LogP contribution in [0.2, 0.25) is 0 Å². The third kappa shape index (κ3) is 5.48. The van der Waals surface area contributed by atoms with Gasteiger partial charge in [0.05, 0.1) is 29.2 Å². The minimum Gasteiger partial charge on any atom is -0.395 e. The topological polar surface area (TPSA) is 94.5 Å². The van der Waals surface area contributed by atoms with Crippen molar-refractivity contribution in [1.29, 1.82) is 0 Å². The van der Waals surface area contributed by atoms with Gasteiger partial charge in [0.25, 0.3) is 5.91 Å². The molecule has 3 heterocycles. The van der Waals surface area contributed by atoms with E-state index in [0.29, 0.717) is 35.0 Å². The standard InChI is InChI=1S/C21H25ClN6O2S/c1-14-24-15(11-19(25-14)28-7-5-27(6-8-28)9-10-29)12-20-23-13-18(31-20)21(30)26-17-4-2-3-16(17)22/h2,4,11,13,29H,3,5-10,12H2,1H3,(H,26,30).